The number of aliphatic imine (C=N–C) groups is 1. The second-order valence-electron chi connectivity index (χ2n) is 8.24. The molecule has 152 valence electrons. The van der Waals surface area contributed by atoms with E-state index in [1.54, 1.807) is 5.57 Å². The number of thioether (sulfide) groups is 1. The van der Waals surface area contributed by atoms with Crippen molar-refractivity contribution in [3.8, 4) is 0 Å². The summed E-state index contributed by atoms with van der Waals surface area (Å²) >= 11 is 2.12. The lowest BCUT2D eigenvalue weighted by Crippen LogP contribution is -2.16. The SMILES string of the molecule is C.CCCCN=C(C)C1=CC2CC2C(CSCc2ccc3ccccc3c2)C1.[HH]. The maximum atomic E-state index is 4.82. The van der Waals surface area contributed by atoms with Crippen molar-refractivity contribution in [1.82, 2.24) is 0 Å². The fourth-order valence-electron chi connectivity index (χ4n) is 4.34. The van der Waals surface area contributed by atoms with Crippen LogP contribution in [0.15, 0.2) is 59.1 Å². The predicted molar refractivity (Wildman–Crippen MR) is 130 cm³/mol. The Bertz CT molecular complexity index is 857. The largest absolute Gasteiger partial charge is 0.290 e. The highest BCUT2D eigenvalue weighted by atomic mass is 32.2. The summed E-state index contributed by atoms with van der Waals surface area (Å²) in [6.45, 7) is 5.46. The number of hydrogen-bond acceptors (Lipinski definition) is 2. The van der Waals surface area contributed by atoms with Crippen molar-refractivity contribution >= 4 is 28.2 Å². The van der Waals surface area contributed by atoms with Crippen LogP contribution in [0.1, 0.15) is 53.9 Å². The van der Waals surface area contributed by atoms with Crippen LogP contribution in [-0.4, -0.2) is 18.0 Å². The van der Waals surface area contributed by atoms with Gasteiger partial charge in [-0.3, -0.25) is 4.99 Å². The highest BCUT2D eigenvalue weighted by Crippen LogP contribution is 2.52. The highest BCUT2D eigenvalue weighted by molar-refractivity contribution is 7.98. The van der Waals surface area contributed by atoms with Gasteiger partial charge in [-0.25, -0.2) is 0 Å². The Hall–Kier alpha value is -1.54. The second kappa shape index (κ2) is 9.78. The summed E-state index contributed by atoms with van der Waals surface area (Å²) in [6, 6.07) is 15.6. The van der Waals surface area contributed by atoms with Crippen LogP contribution in [0.5, 0.6) is 0 Å². The van der Waals surface area contributed by atoms with E-state index in [1.807, 2.05) is 0 Å². The molecule has 0 bridgehead atoms. The predicted octanol–water partition coefficient (Wildman–Crippen LogP) is 7.80. The van der Waals surface area contributed by atoms with Crippen molar-refractivity contribution in [2.45, 2.75) is 52.7 Å². The van der Waals surface area contributed by atoms with E-state index in [9.17, 15) is 0 Å². The molecule has 3 unspecified atom stereocenters. The van der Waals surface area contributed by atoms with Crippen LogP contribution in [0.2, 0.25) is 0 Å². The van der Waals surface area contributed by atoms with Crippen LogP contribution in [-0.2, 0) is 5.75 Å². The smallest absolute Gasteiger partial charge is 0.0392 e. The molecule has 2 aromatic rings. The number of rotatable bonds is 8. The number of unbranched alkanes of at least 4 members (excludes halogenated alkanes) is 1. The highest BCUT2D eigenvalue weighted by Gasteiger charge is 2.44. The van der Waals surface area contributed by atoms with Gasteiger partial charge in [-0.05, 0) is 71.6 Å². The number of fused-ring (bicyclic) bond motifs is 2. The molecule has 1 saturated carbocycles. The number of nitrogens with zero attached hydrogens (tertiary/aromatic N) is 1. The molecule has 0 N–H and O–H groups in total. The van der Waals surface area contributed by atoms with E-state index in [0.29, 0.717) is 0 Å². The van der Waals surface area contributed by atoms with Crippen LogP contribution in [0.25, 0.3) is 10.8 Å². The van der Waals surface area contributed by atoms with Crippen LogP contribution in [0, 0.1) is 17.8 Å². The maximum Gasteiger partial charge on any atom is 0.0392 e. The molecule has 2 aromatic carbocycles. The Balaban J connectivity index is 0.00000150. The van der Waals surface area contributed by atoms with Gasteiger partial charge in [-0.15, -0.1) is 0 Å². The molecule has 3 atom stereocenters. The number of benzene rings is 2. The maximum absolute atomic E-state index is 4.82. The quantitative estimate of drug-likeness (QED) is 0.328. The Kier molecular flexibility index (Phi) is 7.40. The lowest BCUT2D eigenvalue weighted by Gasteiger charge is -2.22. The summed E-state index contributed by atoms with van der Waals surface area (Å²) in [5.74, 6) is 5.05. The van der Waals surface area contributed by atoms with E-state index in [-0.39, 0.29) is 8.85 Å². The molecular formula is C26H37NS. The lowest BCUT2D eigenvalue weighted by molar-refractivity contribution is 0.485. The zero-order valence-electron chi connectivity index (χ0n) is 16.7. The summed E-state index contributed by atoms with van der Waals surface area (Å²) in [4.78, 5) is 4.82. The van der Waals surface area contributed by atoms with Gasteiger partial charge in [-0.1, -0.05) is 69.3 Å². The standard InChI is InChI=1S/C25H31NS.CH4.H2/c1-3-4-11-26-18(2)22-13-23-15-25(23)24(14-22)17-27-16-19-9-10-20-7-5-6-8-21(20)12-19;;/h5-10,12-13,23-25H,3-4,11,14-17H2,1-2H3;1H4;1H. The average Bonchev–Trinajstić information content (AvgIpc) is 3.48. The van der Waals surface area contributed by atoms with Crippen LogP contribution in [0.3, 0.4) is 0 Å². The zero-order chi connectivity index (χ0) is 18.6. The van der Waals surface area contributed by atoms with Gasteiger partial charge in [0.15, 0.2) is 0 Å². The van der Waals surface area contributed by atoms with Gasteiger partial charge in [0.2, 0.25) is 0 Å². The third-order valence-corrected chi connectivity index (χ3v) is 7.34. The van der Waals surface area contributed by atoms with E-state index in [2.05, 4.69) is 74.1 Å². The van der Waals surface area contributed by atoms with Gasteiger partial charge in [-0.2, -0.15) is 11.8 Å². The van der Waals surface area contributed by atoms with E-state index >= 15 is 0 Å². The van der Waals surface area contributed by atoms with E-state index < -0.39 is 0 Å². The minimum Gasteiger partial charge on any atom is -0.290 e. The fourth-order valence-corrected chi connectivity index (χ4v) is 5.54. The third-order valence-electron chi connectivity index (χ3n) is 6.13. The molecule has 2 aliphatic rings. The molecule has 2 aliphatic carbocycles. The van der Waals surface area contributed by atoms with Crippen molar-refractivity contribution in [2.75, 3.05) is 12.3 Å². The molecule has 4 rings (SSSR count). The van der Waals surface area contributed by atoms with Gasteiger partial charge in [0.25, 0.3) is 0 Å². The number of allylic oxidation sites excluding steroid dienone is 2. The van der Waals surface area contributed by atoms with Crippen molar-refractivity contribution < 1.29 is 1.43 Å². The van der Waals surface area contributed by atoms with Crippen LogP contribution >= 0.6 is 11.8 Å². The Morgan fingerprint density at radius 3 is 2.82 bits per heavy atom. The first-order chi connectivity index (χ1) is 13.2. The molecule has 1 fully saturated rings. The molecule has 0 aliphatic heterocycles. The molecule has 0 spiro atoms. The summed E-state index contributed by atoms with van der Waals surface area (Å²) in [7, 11) is 0. The van der Waals surface area contributed by atoms with Gasteiger partial charge >= 0.3 is 0 Å². The molecule has 28 heavy (non-hydrogen) atoms. The fraction of sp³-hybridized carbons (Fsp3) is 0.500. The summed E-state index contributed by atoms with van der Waals surface area (Å²) in [5.41, 5.74) is 4.30. The van der Waals surface area contributed by atoms with Gasteiger partial charge in [0.1, 0.15) is 0 Å². The number of hydrogen-bond donors (Lipinski definition) is 0. The first kappa shape index (κ1) is 21.2. The summed E-state index contributed by atoms with van der Waals surface area (Å²) in [5, 5.41) is 2.70. The molecule has 0 radical (unpaired) electrons. The lowest BCUT2D eigenvalue weighted by atomic mass is 9.88. The topological polar surface area (TPSA) is 12.4 Å². The van der Waals surface area contributed by atoms with Gasteiger partial charge in [0, 0.05) is 19.4 Å². The Morgan fingerprint density at radius 2 is 2.00 bits per heavy atom. The van der Waals surface area contributed by atoms with Crippen molar-refractivity contribution in [1.29, 1.82) is 0 Å². The monoisotopic (exact) mass is 395 g/mol. The average molecular weight is 396 g/mol. The molecule has 0 saturated heterocycles. The van der Waals surface area contributed by atoms with Crippen molar-refractivity contribution in [3.05, 3.63) is 59.7 Å². The summed E-state index contributed by atoms with van der Waals surface area (Å²) in [6.07, 6.45) is 7.64. The first-order valence-corrected chi connectivity index (χ1v) is 11.7. The van der Waals surface area contributed by atoms with Crippen molar-refractivity contribution in [2.24, 2.45) is 22.7 Å². The van der Waals surface area contributed by atoms with Crippen molar-refractivity contribution in [3.63, 3.8) is 0 Å². The molecule has 0 amide bonds. The van der Waals surface area contributed by atoms with E-state index in [4.69, 9.17) is 4.99 Å². The van der Waals surface area contributed by atoms with E-state index in [1.165, 1.54) is 53.5 Å². The van der Waals surface area contributed by atoms with E-state index in [0.717, 1.165) is 30.1 Å². The van der Waals surface area contributed by atoms with Crippen LogP contribution < -0.4 is 0 Å². The second-order valence-corrected chi connectivity index (χ2v) is 9.27. The van der Waals surface area contributed by atoms with Gasteiger partial charge < -0.3 is 0 Å². The minimum atomic E-state index is 0. The minimum absolute atomic E-state index is 0. The Morgan fingerprint density at radius 1 is 1.18 bits per heavy atom. The van der Waals surface area contributed by atoms with Crippen LogP contribution in [0.4, 0.5) is 0 Å². The third kappa shape index (κ3) is 5.08. The molecule has 0 heterocycles. The molecule has 0 aromatic heterocycles. The zero-order valence-corrected chi connectivity index (χ0v) is 17.5. The molecule has 1 nitrogen and oxygen atoms in total. The Labute approximate surface area is 177 Å². The molecular weight excluding hydrogens is 358 g/mol. The normalized spacial score (nSPS) is 23.7. The molecule has 2 heteroatoms. The first-order valence-electron chi connectivity index (χ1n) is 10.5. The van der Waals surface area contributed by atoms with Gasteiger partial charge in [0.05, 0.1) is 0 Å². The summed E-state index contributed by atoms with van der Waals surface area (Å²) < 4.78 is 0.